The van der Waals surface area contributed by atoms with Crippen LogP contribution in [-0.4, -0.2) is 31.0 Å². The van der Waals surface area contributed by atoms with Crippen molar-refractivity contribution in [3.63, 3.8) is 0 Å². The highest BCUT2D eigenvalue weighted by Gasteiger charge is 2.16. The van der Waals surface area contributed by atoms with Gasteiger partial charge < -0.3 is 10.6 Å². The number of aromatic nitrogens is 1. The zero-order valence-electron chi connectivity index (χ0n) is 10.2. The number of carbonyl (C=O) groups excluding carboxylic acids is 1. The molecule has 0 bridgehead atoms. The average Bonchev–Trinajstić information content (AvgIpc) is 2.71. The molecule has 96 valence electrons. The van der Waals surface area contributed by atoms with E-state index in [1.165, 1.54) is 17.4 Å². The van der Waals surface area contributed by atoms with E-state index in [1.54, 1.807) is 13.1 Å². The molecule has 2 aromatic rings. The number of carbonyl (C=O) groups is 1. The summed E-state index contributed by atoms with van der Waals surface area (Å²) in [5, 5.41) is 6.34. The molecule has 0 aliphatic heterocycles. The molecule has 0 unspecified atom stereocenters. The largest absolute Gasteiger partial charge is 0.351 e. The fourth-order valence-corrected chi connectivity index (χ4v) is 2.47. The first kappa shape index (κ1) is 12.9. The smallest absolute Gasteiger partial charge is 0.254 e. The molecular formula is C12H14FN3OS. The molecule has 1 amide bonds. The first-order chi connectivity index (χ1) is 8.63. The fraction of sp³-hybridized carbons (Fsp3) is 0.333. The summed E-state index contributed by atoms with van der Waals surface area (Å²) in [4.78, 5) is 15.9. The topological polar surface area (TPSA) is 54.0 Å². The number of fused-ring (bicyclic) bond motifs is 1. The number of hydrogen-bond acceptors (Lipinski definition) is 4. The van der Waals surface area contributed by atoms with Crippen LogP contribution >= 0.6 is 11.3 Å². The Morgan fingerprint density at radius 3 is 2.94 bits per heavy atom. The van der Waals surface area contributed by atoms with Crippen molar-refractivity contribution in [2.45, 2.75) is 6.92 Å². The molecular weight excluding hydrogens is 253 g/mol. The molecule has 18 heavy (non-hydrogen) atoms. The molecule has 1 aromatic carbocycles. The van der Waals surface area contributed by atoms with Gasteiger partial charge in [0.2, 0.25) is 0 Å². The number of amides is 1. The van der Waals surface area contributed by atoms with Gasteiger partial charge in [0, 0.05) is 13.1 Å². The average molecular weight is 267 g/mol. The van der Waals surface area contributed by atoms with Crippen LogP contribution in [0, 0.1) is 12.7 Å². The Hall–Kier alpha value is -1.53. The lowest BCUT2D eigenvalue weighted by Gasteiger charge is -2.05. The van der Waals surface area contributed by atoms with Crippen LogP contribution < -0.4 is 10.6 Å². The molecule has 0 saturated heterocycles. The Morgan fingerprint density at radius 1 is 1.44 bits per heavy atom. The Bertz CT molecular complexity index is 582. The first-order valence-corrected chi connectivity index (χ1v) is 6.43. The summed E-state index contributed by atoms with van der Waals surface area (Å²) >= 11 is 1.42. The summed E-state index contributed by atoms with van der Waals surface area (Å²) in [5.74, 6) is -0.950. The van der Waals surface area contributed by atoms with E-state index < -0.39 is 11.7 Å². The SMILES string of the molecule is CNCCNC(=O)c1ccc2sc(C)nc2c1F. The summed E-state index contributed by atoms with van der Waals surface area (Å²) in [6, 6.07) is 3.24. The van der Waals surface area contributed by atoms with Gasteiger partial charge in [-0.05, 0) is 26.1 Å². The summed E-state index contributed by atoms with van der Waals surface area (Å²) in [7, 11) is 1.79. The van der Waals surface area contributed by atoms with Gasteiger partial charge in [0.25, 0.3) is 5.91 Å². The van der Waals surface area contributed by atoms with Crippen LogP contribution in [0.2, 0.25) is 0 Å². The lowest BCUT2D eigenvalue weighted by molar-refractivity contribution is 0.0950. The molecule has 0 aliphatic rings. The number of aryl methyl sites for hydroxylation is 1. The molecule has 0 fully saturated rings. The van der Waals surface area contributed by atoms with Gasteiger partial charge in [-0.2, -0.15) is 0 Å². The molecule has 6 heteroatoms. The predicted octanol–water partition coefficient (Wildman–Crippen LogP) is 1.69. The van der Waals surface area contributed by atoms with Gasteiger partial charge in [0.1, 0.15) is 5.52 Å². The van der Waals surface area contributed by atoms with Crippen LogP contribution in [0.5, 0.6) is 0 Å². The summed E-state index contributed by atoms with van der Waals surface area (Å²) in [5.41, 5.74) is 0.322. The minimum atomic E-state index is -0.543. The second kappa shape index (κ2) is 5.41. The van der Waals surface area contributed by atoms with Gasteiger partial charge in [0.15, 0.2) is 5.82 Å². The number of nitrogens with one attached hydrogen (secondary N) is 2. The maximum atomic E-state index is 14.1. The van der Waals surface area contributed by atoms with Crippen LogP contribution in [0.15, 0.2) is 12.1 Å². The molecule has 1 heterocycles. The zero-order chi connectivity index (χ0) is 13.1. The second-order valence-corrected chi connectivity index (χ2v) is 5.10. The lowest BCUT2D eigenvalue weighted by Crippen LogP contribution is -2.30. The van der Waals surface area contributed by atoms with E-state index in [4.69, 9.17) is 0 Å². The van der Waals surface area contributed by atoms with Crippen molar-refractivity contribution in [3.05, 3.63) is 28.5 Å². The first-order valence-electron chi connectivity index (χ1n) is 5.62. The van der Waals surface area contributed by atoms with Crippen LogP contribution in [0.25, 0.3) is 10.2 Å². The summed E-state index contributed by atoms with van der Waals surface area (Å²) in [6.45, 7) is 2.92. The van der Waals surface area contributed by atoms with Gasteiger partial charge in [-0.15, -0.1) is 11.3 Å². The van der Waals surface area contributed by atoms with E-state index in [1.807, 2.05) is 6.92 Å². The van der Waals surface area contributed by atoms with Gasteiger partial charge >= 0.3 is 0 Å². The number of thiazole rings is 1. The van der Waals surface area contributed by atoms with Gasteiger partial charge in [-0.25, -0.2) is 9.37 Å². The minimum Gasteiger partial charge on any atom is -0.351 e. The van der Waals surface area contributed by atoms with Crippen molar-refractivity contribution in [3.8, 4) is 0 Å². The number of rotatable bonds is 4. The van der Waals surface area contributed by atoms with Crippen LogP contribution in [0.3, 0.4) is 0 Å². The lowest BCUT2D eigenvalue weighted by atomic mass is 10.2. The van der Waals surface area contributed by atoms with Crippen molar-refractivity contribution < 1.29 is 9.18 Å². The number of likely N-dealkylation sites (N-methyl/N-ethyl adjacent to an activating group) is 1. The number of nitrogens with zero attached hydrogens (tertiary/aromatic N) is 1. The molecule has 0 spiro atoms. The quantitative estimate of drug-likeness (QED) is 0.829. The summed E-state index contributed by atoms with van der Waals surface area (Å²) < 4.78 is 14.9. The standard InChI is InChI=1S/C12H14FN3OS/c1-7-16-11-9(18-7)4-3-8(10(11)13)12(17)15-6-5-14-2/h3-4,14H,5-6H2,1-2H3,(H,15,17). The van der Waals surface area contributed by atoms with Crippen molar-refractivity contribution in [1.82, 2.24) is 15.6 Å². The van der Waals surface area contributed by atoms with Gasteiger partial charge in [0.05, 0.1) is 15.3 Å². The predicted molar refractivity (Wildman–Crippen MR) is 70.6 cm³/mol. The molecule has 0 atom stereocenters. The third kappa shape index (κ3) is 2.49. The maximum Gasteiger partial charge on any atom is 0.254 e. The van der Waals surface area contributed by atoms with E-state index in [9.17, 15) is 9.18 Å². The monoisotopic (exact) mass is 267 g/mol. The van der Waals surface area contributed by atoms with E-state index in [0.29, 0.717) is 13.1 Å². The van der Waals surface area contributed by atoms with Crippen molar-refractivity contribution >= 4 is 27.5 Å². The molecule has 0 saturated carbocycles. The van der Waals surface area contributed by atoms with Gasteiger partial charge in [-0.1, -0.05) is 0 Å². The fourth-order valence-electron chi connectivity index (χ4n) is 1.64. The van der Waals surface area contributed by atoms with E-state index in [-0.39, 0.29) is 11.1 Å². The Labute approximate surface area is 108 Å². The van der Waals surface area contributed by atoms with Crippen LogP contribution in [0.1, 0.15) is 15.4 Å². The highest BCUT2D eigenvalue weighted by Crippen LogP contribution is 2.25. The summed E-state index contributed by atoms with van der Waals surface area (Å²) in [6.07, 6.45) is 0. The molecule has 2 rings (SSSR count). The van der Waals surface area contributed by atoms with Crippen molar-refractivity contribution in [2.75, 3.05) is 20.1 Å². The third-order valence-electron chi connectivity index (χ3n) is 2.51. The number of halogens is 1. The Morgan fingerprint density at radius 2 is 2.22 bits per heavy atom. The molecule has 2 N–H and O–H groups in total. The minimum absolute atomic E-state index is 0.0453. The highest BCUT2D eigenvalue weighted by atomic mass is 32.1. The molecule has 1 aromatic heterocycles. The Balaban J connectivity index is 2.28. The zero-order valence-corrected chi connectivity index (χ0v) is 11.0. The maximum absolute atomic E-state index is 14.1. The second-order valence-electron chi connectivity index (χ2n) is 3.87. The van der Waals surface area contributed by atoms with E-state index in [2.05, 4.69) is 15.6 Å². The Kier molecular flexibility index (Phi) is 3.88. The van der Waals surface area contributed by atoms with Crippen molar-refractivity contribution in [1.29, 1.82) is 0 Å². The van der Waals surface area contributed by atoms with Crippen molar-refractivity contribution in [2.24, 2.45) is 0 Å². The van der Waals surface area contributed by atoms with E-state index in [0.717, 1.165) is 9.71 Å². The molecule has 4 nitrogen and oxygen atoms in total. The number of hydrogen-bond donors (Lipinski definition) is 2. The third-order valence-corrected chi connectivity index (χ3v) is 3.45. The normalized spacial score (nSPS) is 10.8. The van der Waals surface area contributed by atoms with Crippen LogP contribution in [-0.2, 0) is 0 Å². The number of benzene rings is 1. The molecule has 0 radical (unpaired) electrons. The molecule has 0 aliphatic carbocycles. The van der Waals surface area contributed by atoms with Crippen LogP contribution in [0.4, 0.5) is 4.39 Å². The highest BCUT2D eigenvalue weighted by molar-refractivity contribution is 7.18. The van der Waals surface area contributed by atoms with Gasteiger partial charge in [-0.3, -0.25) is 4.79 Å². The van der Waals surface area contributed by atoms with E-state index >= 15 is 0 Å².